The zero-order valence-electron chi connectivity index (χ0n) is 16.6. The predicted octanol–water partition coefficient (Wildman–Crippen LogP) is 1.69. The fourth-order valence-electron chi connectivity index (χ4n) is 4.79. The first-order chi connectivity index (χ1) is 13.7. The first-order valence-electron chi connectivity index (χ1n) is 10.8. The molecular formula is C22H32N4O2. The van der Waals surface area contributed by atoms with Gasteiger partial charge in [-0.1, -0.05) is 6.07 Å². The number of amides is 2. The van der Waals surface area contributed by atoms with Crippen molar-refractivity contribution in [2.45, 2.75) is 51.0 Å². The lowest BCUT2D eigenvalue weighted by Crippen LogP contribution is -2.46. The lowest BCUT2D eigenvalue weighted by atomic mass is 9.98. The van der Waals surface area contributed by atoms with E-state index in [2.05, 4.69) is 33.0 Å². The molecule has 152 valence electrons. The molecule has 1 aromatic rings. The third kappa shape index (κ3) is 4.92. The highest BCUT2D eigenvalue weighted by Gasteiger charge is 2.25. The number of fused-ring (bicyclic) bond motifs is 1. The van der Waals surface area contributed by atoms with Crippen molar-refractivity contribution in [3.63, 3.8) is 0 Å². The molecule has 2 fully saturated rings. The number of anilines is 1. The van der Waals surface area contributed by atoms with E-state index in [0.717, 1.165) is 63.8 Å². The normalized spacial score (nSPS) is 24.7. The highest BCUT2D eigenvalue weighted by Crippen LogP contribution is 2.25. The predicted molar refractivity (Wildman–Crippen MR) is 110 cm³/mol. The van der Waals surface area contributed by atoms with E-state index in [1.807, 2.05) is 6.07 Å². The van der Waals surface area contributed by atoms with Gasteiger partial charge >= 0.3 is 0 Å². The molecule has 0 spiro atoms. The van der Waals surface area contributed by atoms with Gasteiger partial charge in [0, 0.05) is 18.8 Å². The highest BCUT2D eigenvalue weighted by molar-refractivity contribution is 5.92. The molecular weight excluding hydrogens is 352 g/mol. The summed E-state index contributed by atoms with van der Waals surface area (Å²) in [6, 6.07) is 6.29. The van der Waals surface area contributed by atoms with Crippen LogP contribution in [-0.2, 0) is 22.4 Å². The molecule has 2 heterocycles. The molecule has 2 amide bonds. The van der Waals surface area contributed by atoms with Crippen LogP contribution in [0.1, 0.15) is 43.2 Å². The van der Waals surface area contributed by atoms with Crippen molar-refractivity contribution in [1.29, 1.82) is 0 Å². The number of hydrogen-bond donors (Lipinski definition) is 3. The molecule has 1 aromatic carbocycles. The van der Waals surface area contributed by atoms with Gasteiger partial charge in [-0.25, -0.2) is 0 Å². The molecule has 0 radical (unpaired) electrons. The summed E-state index contributed by atoms with van der Waals surface area (Å²) in [6.07, 6.45) is 7.70. The minimum Gasteiger partial charge on any atom is -0.354 e. The summed E-state index contributed by atoms with van der Waals surface area (Å²) in [5.41, 5.74) is 3.71. The minimum atomic E-state index is -0.0159. The molecule has 2 aliphatic heterocycles. The number of benzene rings is 1. The van der Waals surface area contributed by atoms with Crippen LogP contribution in [0.4, 0.5) is 5.69 Å². The second-order valence-electron chi connectivity index (χ2n) is 8.52. The van der Waals surface area contributed by atoms with E-state index >= 15 is 0 Å². The van der Waals surface area contributed by atoms with Crippen LogP contribution in [0, 0.1) is 5.92 Å². The molecule has 6 nitrogen and oxygen atoms in total. The monoisotopic (exact) mass is 384 g/mol. The largest absolute Gasteiger partial charge is 0.354 e. The average molecular weight is 385 g/mol. The van der Waals surface area contributed by atoms with Crippen molar-refractivity contribution in [1.82, 2.24) is 15.5 Å². The second kappa shape index (κ2) is 9.05. The molecule has 2 unspecified atom stereocenters. The molecule has 6 heteroatoms. The van der Waals surface area contributed by atoms with Gasteiger partial charge in [-0.2, -0.15) is 0 Å². The van der Waals surface area contributed by atoms with Gasteiger partial charge in [-0.05, 0) is 87.2 Å². The van der Waals surface area contributed by atoms with Gasteiger partial charge in [0.1, 0.15) is 0 Å². The van der Waals surface area contributed by atoms with Crippen LogP contribution in [0.2, 0.25) is 0 Å². The van der Waals surface area contributed by atoms with Gasteiger partial charge in [0.05, 0.1) is 12.6 Å². The number of carbonyl (C=O) groups excluding carboxylic acids is 2. The van der Waals surface area contributed by atoms with Crippen LogP contribution < -0.4 is 16.0 Å². The number of nitrogens with one attached hydrogen (secondary N) is 3. The van der Waals surface area contributed by atoms with E-state index in [1.54, 1.807) is 0 Å². The molecule has 0 bridgehead atoms. The smallest absolute Gasteiger partial charge is 0.238 e. The van der Waals surface area contributed by atoms with Gasteiger partial charge in [-0.15, -0.1) is 0 Å². The zero-order chi connectivity index (χ0) is 19.3. The maximum atomic E-state index is 12.5. The van der Waals surface area contributed by atoms with Gasteiger partial charge < -0.3 is 16.0 Å². The molecule has 2 atom stereocenters. The number of aryl methyl sites for hydroxylation is 2. The Balaban J connectivity index is 1.22. The van der Waals surface area contributed by atoms with Crippen LogP contribution in [-0.4, -0.2) is 55.5 Å². The quantitative estimate of drug-likeness (QED) is 0.698. The zero-order valence-corrected chi connectivity index (χ0v) is 16.6. The van der Waals surface area contributed by atoms with E-state index in [1.165, 1.54) is 17.5 Å². The minimum absolute atomic E-state index is 0.0159. The van der Waals surface area contributed by atoms with Crippen LogP contribution >= 0.6 is 0 Å². The van der Waals surface area contributed by atoms with E-state index in [9.17, 15) is 9.59 Å². The fourth-order valence-corrected chi connectivity index (χ4v) is 4.79. The maximum absolute atomic E-state index is 12.5. The Hall–Kier alpha value is -1.92. The maximum Gasteiger partial charge on any atom is 0.238 e. The molecule has 1 aliphatic carbocycles. The summed E-state index contributed by atoms with van der Waals surface area (Å²) < 4.78 is 0. The lowest BCUT2D eigenvalue weighted by Gasteiger charge is -2.32. The molecule has 0 aromatic heterocycles. The Kier molecular flexibility index (Phi) is 6.27. The van der Waals surface area contributed by atoms with Crippen LogP contribution in [0.3, 0.4) is 0 Å². The summed E-state index contributed by atoms with van der Waals surface area (Å²) in [5, 5.41) is 9.41. The third-order valence-electron chi connectivity index (χ3n) is 6.29. The van der Waals surface area contributed by atoms with Gasteiger partial charge in [0.15, 0.2) is 0 Å². The van der Waals surface area contributed by atoms with E-state index in [-0.39, 0.29) is 17.9 Å². The van der Waals surface area contributed by atoms with Crippen LogP contribution in [0.15, 0.2) is 18.2 Å². The number of likely N-dealkylation sites (tertiary alicyclic amines) is 1. The molecule has 3 aliphatic rings. The molecule has 3 N–H and O–H groups in total. The summed E-state index contributed by atoms with van der Waals surface area (Å²) in [6.45, 7) is 3.89. The number of nitrogens with zero attached hydrogens (tertiary/aromatic N) is 1. The topological polar surface area (TPSA) is 73.5 Å². The fraction of sp³-hybridized carbons (Fsp3) is 0.636. The first-order valence-corrected chi connectivity index (χ1v) is 10.8. The second-order valence-corrected chi connectivity index (χ2v) is 8.52. The SMILES string of the molecule is O=C(CN1CCCC(CNC(=O)C2CCCN2)C1)Nc1ccc2c(c1)CCC2. The summed E-state index contributed by atoms with van der Waals surface area (Å²) >= 11 is 0. The van der Waals surface area contributed by atoms with Gasteiger partial charge in [-0.3, -0.25) is 14.5 Å². The summed E-state index contributed by atoms with van der Waals surface area (Å²) in [5.74, 6) is 0.605. The standard InChI is InChI=1S/C22H32N4O2/c27-21(25-19-9-8-17-5-1-6-18(17)12-19)15-26-11-3-4-16(14-26)13-24-22(28)20-7-2-10-23-20/h8-9,12,16,20,23H,1-7,10-11,13-15H2,(H,24,28)(H,25,27). The Labute approximate surface area is 167 Å². The van der Waals surface area contributed by atoms with Crippen molar-refractivity contribution < 1.29 is 9.59 Å². The van der Waals surface area contributed by atoms with Crippen molar-refractivity contribution in [2.24, 2.45) is 5.92 Å². The van der Waals surface area contributed by atoms with E-state index < -0.39 is 0 Å². The average Bonchev–Trinajstić information content (AvgIpc) is 3.38. The van der Waals surface area contributed by atoms with Gasteiger partial charge in [0.25, 0.3) is 0 Å². The van der Waals surface area contributed by atoms with Crippen molar-refractivity contribution >= 4 is 17.5 Å². The number of carbonyl (C=O) groups is 2. The Morgan fingerprint density at radius 2 is 2.00 bits per heavy atom. The molecule has 4 rings (SSSR count). The molecule has 2 saturated heterocycles. The van der Waals surface area contributed by atoms with E-state index in [4.69, 9.17) is 0 Å². The van der Waals surface area contributed by atoms with Crippen molar-refractivity contribution in [3.05, 3.63) is 29.3 Å². The Morgan fingerprint density at radius 3 is 2.86 bits per heavy atom. The summed E-state index contributed by atoms with van der Waals surface area (Å²) in [4.78, 5) is 26.9. The first kappa shape index (κ1) is 19.4. The molecule has 0 saturated carbocycles. The highest BCUT2D eigenvalue weighted by atomic mass is 16.2. The van der Waals surface area contributed by atoms with E-state index in [0.29, 0.717) is 19.0 Å². The van der Waals surface area contributed by atoms with Crippen molar-refractivity contribution in [3.8, 4) is 0 Å². The number of rotatable bonds is 6. The van der Waals surface area contributed by atoms with Gasteiger partial charge in [0.2, 0.25) is 11.8 Å². The van der Waals surface area contributed by atoms with Crippen molar-refractivity contribution in [2.75, 3.05) is 38.0 Å². The Bertz CT molecular complexity index is 714. The van der Waals surface area contributed by atoms with Crippen LogP contribution in [0.5, 0.6) is 0 Å². The number of piperidine rings is 1. The summed E-state index contributed by atoms with van der Waals surface area (Å²) in [7, 11) is 0. The molecule has 28 heavy (non-hydrogen) atoms. The Morgan fingerprint density at radius 1 is 1.11 bits per heavy atom. The lowest BCUT2D eigenvalue weighted by molar-refractivity contribution is -0.123. The third-order valence-corrected chi connectivity index (χ3v) is 6.29. The number of hydrogen-bond acceptors (Lipinski definition) is 4. The van der Waals surface area contributed by atoms with Crippen LogP contribution in [0.25, 0.3) is 0 Å².